The van der Waals surface area contributed by atoms with Crippen molar-refractivity contribution in [1.82, 2.24) is 29.4 Å². The molecule has 0 fully saturated rings. The SMILES string of the molecule is Cn1ncc2ccc(Cc3nc4c(-c5ccccc5)nccn4n3)cc21. The first-order valence-corrected chi connectivity index (χ1v) is 8.44. The Balaban J connectivity index is 1.56. The summed E-state index contributed by atoms with van der Waals surface area (Å²) >= 11 is 0. The summed E-state index contributed by atoms with van der Waals surface area (Å²) < 4.78 is 3.68. The molecule has 0 amide bonds. The second-order valence-electron chi connectivity index (χ2n) is 6.28. The number of hydrogen-bond acceptors (Lipinski definition) is 4. The zero-order chi connectivity index (χ0) is 17.5. The number of rotatable bonds is 3. The highest BCUT2D eigenvalue weighted by atomic mass is 15.3. The molecule has 6 heteroatoms. The van der Waals surface area contributed by atoms with E-state index in [9.17, 15) is 0 Å². The van der Waals surface area contributed by atoms with Crippen molar-refractivity contribution < 1.29 is 0 Å². The van der Waals surface area contributed by atoms with Crippen molar-refractivity contribution in [3.05, 3.63) is 78.5 Å². The maximum absolute atomic E-state index is 4.74. The summed E-state index contributed by atoms with van der Waals surface area (Å²) in [7, 11) is 1.95. The molecule has 0 spiro atoms. The Kier molecular flexibility index (Phi) is 3.28. The number of aromatic nitrogens is 6. The van der Waals surface area contributed by atoms with Gasteiger partial charge < -0.3 is 0 Å². The highest BCUT2D eigenvalue weighted by Gasteiger charge is 2.12. The summed E-state index contributed by atoms with van der Waals surface area (Å²) in [5.41, 5.74) is 4.92. The van der Waals surface area contributed by atoms with Crippen LogP contribution in [-0.4, -0.2) is 29.4 Å². The van der Waals surface area contributed by atoms with Gasteiger partial charge in [-0.1, -0.05) is 42.5 Å². The Morgan fingerprint density at radius 2 is 1.92 bits per heavy atom. The van der Waals surface area contributed by atoms with Crippen molar-refractivity contribution in [2.24, 2.45) is 7.05 Å². The van der Waals surface area contributed by atoms with E-state index in [0.717, 1.165) is 39.2 Å². The minimum Gasteiger partial charge on any atom is -0.268 e. The molecule has 0 atom stereocenters. The van der Waals surface area contributed by atoms with E-state index in [1.54, 1.807) is 10.7 Å². The molecule has 0 aliphatic heterocycles. The lowest BCUT2D eigenvalue weighted by Gasteiger charge is -2.00. The molecule has 6 nitrogen and oxygen atoms in total. The summed E-state index contributed by atoms with van der Waals surface area (Å²) in [6.07, 6.45) is 6.13. The van der Waals surface area contributed by atoms with Crippen molar-refractivity contribution >= 4 is 16.6 Å². The quantitative estimate of drug-likeness (QED) is 0.506. The number of hydrogen-bond donors (Lipinski definition) is 0. The van der Waals surface area contributed by atoms with E-state index in [-0.39, 0.29) is 0 Å². The summed E-state index contributed by atoms with van der Waals surface area (Å²) in [6, 6.07) is 16.4. The monoisotopic (exact) mass is 340 g/mol. The number of aryl methyl sites for hydroxylation is 1. The average molecular weight is 340 g/mol. The lowest BCUT2D eigenvalue weighted by Crippen LogP contribution is -1.94. The Morgan fingerprint density at radius 1 is 1.04 bits per heavy atom. The van der Waals surface area contributed by atoms with Crippen molar-refractivity contribution in [1.29, 1.82) is 0 Å². The maximum Gasteiger partial charge on any atom is 0.181 e. The summed E-state index contributed by atoms with van der Waals surface area (Å²) in [4.78, 5) is 9.25. The van der Waals surface area contributed by atoms with Crippen LogP contribution in [0.2, 0.25) is 0 Å². The fourth-order valence-corrected chi connectivity index (χ4v) is 3.22. The number of fused-ring (bicyclic) bond motifs is 2. The van der Waals surface area contributed by atoms with Gasteiger partial charge in [-0.15, -0.1) is 0 Å². The standard InChI is InChI=1S/C20H16N6/c1-25-17-11-14(7-8-16(17)13-22-25)12-18-23-20-19(15-5-3-2-4-6-15)21-9-10-26(20)24-18/h2-11,13H,12H2,1H3. The second-order valence-corrected chi connectivity index (χ2v) is 6.28. The van der Waals surface area contributed by atoms with Gasteiger partial charge in [-0.2, -0.15) is 10.2 Å². The maximum atomic E-state index is 4.74. The van der Waals surface area contributed by atoms with Crippen LogP contribution in [0.5, 0.6) is 0 Å². The molecule has 26 heavy (non-hydrogen) atoms. The molecule has 5 aromatic rings. The third-order valence-electron chi connectivity index (χ3n) is 4.52. The van der Waals surface area contributed by atoms with Gasteiger partial charge >= 0.3 is 0 Å². The van der Waals surface area contributed by atoms with Gasteiger partial charge in [0.05, 0.1) is 11.7 Å². The first-order valence-electron chi connectivity index (χ1n) is 8.44. The first-order chi connectivity index (χ1) is 12.8. The molecule has 5 rings (SSSR count). The largest absolute Gasteiger partial charge is 0.268 e. The molecule has 0 aliphatic rings. The Hall–Kier alpha value is -3.54. The zero-order valence-corrected chi connectivity index (χ0v) is 14.2. The van der Waals surface area contributed by atoms with Crippen LogP contribution >= 0.6 is 0 Å². The summed E-state index contributed by atoms with van der Waals surface area (Å²) in [5.74, 6) is 0.775. The Morgan fingerprint density at radius 3 is 2.81 bits per heavy atom. The van der Waals surface area contributed by atoms with Crippen LogP contribution in [0.15, 0.2) is 67.1 Å². The third-order valence-corrected chi connectivity index (χ3v) is 4.52. The third kappa shape index (κ3) is 2.43. The normalized spacial score (nSPS) is 11.4. The van der Waals surface area contributed by atoms with Gasteiger partial charge in [-0.25, -0.2) is 9.50 Å². The van der Waals surface area contributed by atoms with Gasteiger partial charge in [0.1, 0.15) is 5.69 Å². The van der Waals surface area contributed by atoms with E-state index in [4.69, 9.17) is 4.98 Å². The highest BCUT2D eigenvalue weighted by Crippen LogP contribution is 2.21. The van der Waals surface area contributed by atoms with Crippen LogP contribution in [0.25, 0.3) is 27.8 Å². The van der Waals surface area contributed by atoms with E-state index in [1.165, 1.54) is 0 Å². The van der Waals surface area contributed by atoms with Crippen molar-refractivity contribution in [3.8, 4) is 11.3 Å². The molecule has 2 aromatic carbocycles. The van der Waals surface area contributed by atoms with E-state index in [1.807, 2.05) is 54.5 Å². The van der Waals surface area contributed by atoms with Crippen molar-refractivity contribution in [3.63, 3.8) is 0 Å². The smallest absolute Gasteiger partial charge is 0.181 e. The van der Waals surface area contributed by atoms with E-state index in [2.05, 4.69) is 33.4 Å². The van der Waals surface area contributed by atoms with Gasteiger partial charge in [0.25, 0.3) is 0 Å². The lowest BCUT2D eigenvalue weighted by atomic mass is 10.1. The van der Waals surface area contributed by atoms with E-state index in [0.29, 0.717) is 6.42 Å². The van der Waals surface area contributed by atoms with Crippen LogP contribution < -0.4 is 0 Å². The number of benzene rings is 2. The molecular formula is C20H16N6. The van der Waals surface area contributed by atoms with Crippen LogP contribution in [0.3, 0.4) is 0 Å². The summed E-state index contributed by atoms with van der Waals surface area (Å²) in [6.45, 7) is 0. The molecule has 0 radical (unpaired) electrons. The van der Waals surface area contributed by atoms with Gasteiger partial charge in [0.15, 0.2) is 11.5 Å². The van der Waals surface area contributed by atoms with Crippen molar-refractivity contribution in [2.75, 3.05) is 0 Å². The molecular weight excluding hydrogens is 324 g/mol. The van der Waals surface area contributed by atoms with Crippen LogP contribution in [0.1, 0.15) is 11.4 Å². The van der Waals surface area contributed by atoms with Gasteiger partial charge in [0.2, 0.25) is 0 Å². The second kappa shape index (κ2) is 5.77. The van der Waals surface area contributed by atoms with Gasteiger partial charge in [-0.3, -0.25) is 9.67 Å². The molecule has 0 aliphatic carbocycles. The first kappa shape index (κ1) is 14.8. The Bertz CT molecular complexity index is 1220. The molecule has 3 aromatic heterocycles. The van der Waals surface area contributed by atoms with Crippen LogP contribution in [-0.2, 0) is 13.5 Å². The number of nitrogens with zero attached hydrogens (tertiary/aromatic N) is 6. The fourth-order valence-electron chi connectivity index (χ4n) is 3.22. The molecule has 126 valence electrons. The minimum atomic E-state index is 0.664. The lowest BCUT2D eigenvalue weighted by molar-refractivity contribution is 0.796. The van der Waals surface area contributed by atoms with Crippen molar-refractivity contribution in [2.45, 2.75) is 6.42 Å². The van der Waals surface area contributed by atoms with Crippen LogP contribution in [0.4, 0.5) is 0 Å². The molecule has 0 saturated heterocycles. The molecule has 0 unspecified atom stereocenters. The molecule has 0 bridgehead atoms. The average Bonchev–Trinajstić information content (AvgIpc) is 3.25. The predicted octanol–water partition coefficient (Wildman–Crippen LogP) is 3.27. The topological polar surface area (TPSA) is 60.9 Å². The molecule has 3 heterocycles. The van der Waals surface area contributed by atoms with E-state index < -0.39 is 0 Å². The Labute approximate surface area is 149 Å². The highest BCUT2D eigenvalue weighted by molar-refractivity contribution is 5.79. The fraction of sp³-hybridized carbons (Fsp3) is 0.100. The zero-order valence-electron chi connectivity index (χ0n) is 14.2. The van der Waals surface area contributed by atoms with Crippen LogP contribution in [0, 0.1) is 0 Å². The van der Waals surface area contributed by atoms with E-state index >= 15 is 0 Å². The molecule has 0 N–H and O–H groups in total. The summed E-state index contributed by atoms with van der Waals surface area (Å²) in [5, 5.41) is 10.1. The molecule has 0 saturated carbocycles. The van der Waals surface area contributed by atoms with Gasteiger partial charge in [0, 0.05) is 36.8 Å². The minimum absolute atomic E-state index is 0.664. The predicted molar refractivity (Wildman–Crippen MR) is 99.7 cm³/mol. The van der Waals surface area contributed by atoms with Gasteiger partial charge in [-0.05, 0) is 11.6 Å².